The first-order chi connectivity index (χ1) is 8.89. The van der Waals surface area contributed by atoms with Gasteiger partial charge in [0.25, 0.3) is 0 Å². The molecule has 0 amide bonds. The van der Waals surface area contributed by atoms with Crippen molar-refractivity contribution in [2.75, 3.05) is 0 Å². The second kappa shape index (κ2) is 6.71. The molecule has 108 valence electrons. The van der Waals surface area contributed by atoms with Crippen molar-refractivity contribution in [2.45, 2.75) is 72.7 Å². The lowest BCUT2D eigenvalue weighted by atomic mass is 9.96. The van der Waals surface area contributed by atoms with Crippen molar-refractivity contribution in [1.82, 2.24) is 0 Å². The van der Waals surface area contributed by atoms with Gasteiger partial charge in [-0.2, -0.15) is 0 Å². The molecule has 0 saturated carbocycles. The lowest BCUT2D eigenvalue weighted by molar-refractivity contribution is 0.208. The lowest BCUT2D eigenvalue weighted by Crippen LogP contribution is -2.36. The van der Waals surface area contributed by atoms with E-state index in [4.69, 9.17) is 4.43 Å². The van der Waals surface area contributed by atoms with E-state index < -0.39 is 8.32 Å². The zero-order chi connectivity index (χ0) is 14.6. The molecule has 19 heavy (non-hydrogen) atoms. The number of aryl methyl sites for hydroxylation is 3. The van der Waals surface area contributed by atoms with Crippen LogP contribution in [0.3, 0.4) is 0 Å². The summed E-state index contributed by atoms with van der Waals surface area (Å²) in [5.74, 6) is 0. The smallest absolute Gasteiger partial charge is 0.192 e. The van der Waals surface area contributed by atoms with E-state index in [0.29, 0.717) is 0 Å². The summed E-state index contributed by atoms with van der Waals surface area (Å²) in [6, 6.07) is 8.20. The van der Waals surface area contributed by atoms with Gasteiger partial charge in [-0.05, 0) is 62.5 Å². The fraction of sp³-hybridized carbons (Fsp3) is 0.647. The van der Waals surface area contributed by atoms with Crippen molar-refractivity contribution in [3.05, 3.63) is 34.4 Å². The summed E-state index contributed by atoms with van der Waals surface area (Å²) in [6.45, 7) is 15.7. The number of hydrogen-bond acceptors (Lipinski definition) is 1. The monoisotopic (exact) mass is 278 g/mol. The highest BCUT2D eigenvalue weighted by atomic mass is 28.4. The van der Waals surface area contributed by atoms with Crippen LogP contribution in [0.5, 0.6) is 0 Å². The summed E-state index contributed by atoms with van der Waals surface area (Å²) in [5.41, 5.74) is 5.49. The summed E-state index contributed by atoms with van der Waals surface area (Å²) in [4.78, 5) is 0. The maximum absolute atomic E-state index is 6.61. The first-order valence-corrected chi connectivity index (χ1v) is 10.2. The highest BCUT2D eigenvalue weighted by Gasteiger charge is 2.31. The fourth-order valence-electron chi connectivity index (χ4n) is 3.27. The molecule has 0 aliphatic carbocycles. The standard InChI is InChI=1S/C17H30OSi/c1-8-19(9-2,10-3)18-16(7)17-14(5)11-13(4)12-15(17)6/h11-12,16H,8-10H2,1-7H3. The van der Waals surface area contributed by atoms with Crippen molar-refractivity contribution in [1.29, 1.82) is 0 Å². The molecular formula is C17H30OSi. The van der Waals surface area contributed by atoms with E-state index in [0.717, 1.165) is 0 Å². The summed E-state index contributed by atoms with van der Waals surface area (Å²) in [5, 5.41) is 0. The maximum atomic E-state index is 6.61. The third kappa shape index (κ3) is 3.70. The van der Waals surface area contributed by atoms with Crippen LogP contribution in [0.2, 0.25) is 18.1 Å². The van der Waals surface area contributed by atoms with Crippen LogP contribution in [0, 0.1) is 20.8 Å². The van der Waals surface area contributed by atoms with E-state index in [1.165, 1.54) is 40.4 Å². The van der Waals surface area contributed by atoms with E-state index in [9.17, 15) is 0 Å². The van der Waals surface area contributed by atoms with Crippen LogP contribution in [0.25, 0.3) is 0 Å². The molecule has 0 bridgehead atoms. The Balaban J connectivity index is 3.04. The predicted molar refractivity (Wildman–Crippen MR) is 87.4 cm³/mol. The van der Waals surface area contributed by atoms with Gasteiger partial charge in [-0.3, -0.25) is 0 Å². The number of rotatable bonds is 6. The summed E-state index contributed by atoms with van der Waals surface area (Å²) in [7, 11) is -1.52. The second-order valence-corrected chi connectivity index (χ2v) is 10.5. The average Bonchev–Trinajstić information content (AvgIpc) is 2.35. The molecule has 1 nitrogen and oxygen atoms in total. The minimum atomic E-state index is -1.52. The molecule has 0 N–H and O–H groups in total. The minimum absolute atomic E-state index is 0.229. The molecule has 0 radical (unpaired) electrons. The quantitative estimate of drug-likeness (QED) is 0.607. The Bertz CT molecular complexity index is 390. The largest absolute Gasteiger partial charge is 0.410 e. The van der Waals surface area contributed by atoms with Crippen LogP contribution in [0.15, 0.2) is 12.1 Å². The van der Waals surface area contributed by atoms with Gasteiger partial charge in [-0.1, -0.05) is 38.5 Å². The molecule has 1 rings (SSSR count). The van der Waals surface area contributed by atoms with Crippen molar-refractivity contribution in [2.24, 2.45) is 0 Å². The molecule has 1 aromatic carbocycles. The second-order valence-electron chi connectivity index (χ2n) is 5.82. The molecule has 0 heterocycles. The van der Waals surface area contributed by atoms with Crippen LogP contribution < -0.4 is 0 Å². The fourth-order valence-corrected chi connectivity index (χ4v) is 6.13. The Morgan fingerprint density at radius 3 is 1.74 bits per heavy atom. The molecule has 0 spiro atoms. The Morgan fingerprint density at radius 1 is 0.947 bits per heavy atom. The summed E-state index contributed by atoms with van der Waals surface area (Å²) in [6.07, 6.45) is 0.229. The van der Waals surface area contributed by atoms with Crippen molar-refractivity contribution in [3.63, 3.8) is 0 Å². The molecule has 0 aliphatic rings. The number of benzene rings is 1. The summed E-state index contributed by atoms with van der Waals surface area (Å²) < 4.78 is 6.61. The van der Waals surface area contributed by atoms with E-state index in [-0.39, 0.29) is 6.10 Å². The van der Waals surface area contributed by atoms with Gasteiger partial charge >= 0.3 is 0 Å². The van der Waals surface area contributed by atoms with Crippen molar-refractivity contribution in [3.8, 4) is 0 Å². The van der Waals surface area contributed by atoms with Crippen molar-refractivity contribution < 1.29 is 4.43 Å². The molecule has 0 aromatic heterocycles. The Kier molecular flexibility index (Phi) is 5.81. The highest BCUT2D eigenvalue weighted by molar-refractivity contribution is 6.73. The Hall–Kier alpha value is -0.603. The van der Waals surface area contributed by atoms with Gasteiger partial charge < -0.3 is 4.43 Å². The third-order valence-corrected chi connectivity index (χ3v) is 9.22. The first-order valence-electron chi connectivity index (χ1n) is 7.64. The topological polar surface area (TPSA) is 9.23 Å². The third-order valence-electron chi connectivity index (χ3n) is 4.50. The molecule has 1 aromatic rings. The van der Waals surface area contributed by atoms with Crippen LogP contribution >= 0.6 is 0 Å². The Morgan fingerprint density at radius 2 is 1.37 bits per heavy atom. The van der Waals surface area contributed by atoms with Crippen LogP contribution in [0.4, 0.5) is 0 Å². The van der Waals surface area contributed by atoms with Crippen molar-refractivity contribution >= 4 is 8.32 Å². The zero-order valence-corrected chi connectivity index (χ0v) is 14.8. The predicted octanol–water partition coefficient (Wildman–Crippen LogP) is 5.69. The van der Waals surface area contributed by atoms with Gasteiger partial charge in [0, 0.05) is 0 Å². The molecular weight excluding hydrogens is 248 g/mol. The first kappa shape index (κ1) is 16.5. The molecule has 0 saturated heterocycles. The number of hydrogen-bond donors (Lipinski definition) is 0. The molecule has 1 unspecified atom stereocenters. The van der Waals surface area contributed by atoms with E-state index in [1.54, 1.807) is 0 Å². The molecule has 2 heteroatoms. The van der Waals surface area contributed by atoms with Gasteiger partial charge in [-0.15, -0.1) is 0 Å². The van der Waals surface area contributed by atoms with Crippen LogP contribution in [0.1, 0.15) is 56.1 Å². The van der Waals surface area contributed by atoms with Gasteiger partial charge in [0.1, 0.15) is 0 Å². The van der Waals surface area contributed by atoms with Gasteiger partial charge in [-0.25, -0.2) is 0 Å². The SMILES string of the molecule is CC[Si](CC)(CC)OC(C)c1c(C)cc(C)cc1C. The van der Waals surface area contributed by atoms with Gasteiger partial charge in [0.2, 0.25) is 0 Å². The maximum Gasteiger partial charge on any atom is 0.192 e. The average molecular weight is 279 g/mol. The molecule has 1 atom stereocenters. The van der Waals surface area contributed by atoms with Crippen LogP contribution in [-0.2, 0) is 4.43 Å². The van der Waals surface area contributed by atoms with Gasteiger partial charge in [0.05, 0.1) is 6.10 Å². The van der Waals surface area contributed by atoms with Crippen LogP contribution in [-0.4, -0.2) is 8.32 Å². The van der Waals surface area contributed by atoms with E-state index in [2.05, 4.69) is 60.6 Å². The highest BCUT2D eigenvalue weighted by Crippen LogP contribution is 2.32. The van der Waals surface area contributed by atoms with Gasteiger partial charge in [0.15, 0.2) is 8.32 Å². The van der Waals surface area contributed by atoms with E-state index >= 15 is 0 Å². The lowest BCUT2D eigenvalue weighted by Gasteiger charge is -2.33. The van der Waals surface area contributed by atoms with E-state index in [1.807, 2.05) is 0 Å². The minimum Gasteiger partial charge on any atom is -0.410 e. The zero-order valence-electron chi connectivity index (χ0n) is 13.8. The summed E-state index contributed by atoms with van der Waals surface area (Å²) >= 11 is 0. The normalized spacial score (nSPS) is 13.6. The molecule has 0 fully saturated rings. The molecule has 0 aliphatic heterocycles. The Labute approximate surface area is 120 Å².